The molecular formula is C26H36N2O4. The number of methoxy groups -OCH3 is 1. The Morgan fingerprint density at radius 3 is 2.72 bits per heavy atom. The maximum Gasteiger partial charge on any atom is 0.311 e. The first-order valence-corrected chi connectivity index (χ1v) is 12.1. The highest BCUT2D eigenvalue weighted by Crippen LogP contribution is 2.56. The highest BCUT2D eigenvalue weighted by molar-refractivity contribution is 5.76. The zero-order valence-electron chi connectivity index (χ0n) is 19.5. The van der Waals surface area contributed by atoms with Gasteiger partial charge in [0.2, 0.25) is 0 Å². The third-order valence-corrected chi connectivity index (χ3v) is 8.82. The van der Waals surface area contributed by atoms with Crippen LogP contribution in [0.5, 0.6) is 5.75 Å². The maximum absolute atomic E-state index is 12.9. The molecule has 6 atom stereocenters. The van der Waals surface area contributed by atoms with Gasteiger partial charge in [-0.05, 0) is 30.9 Å². The second kappa shape index (κ2) is 8.38. The van der Waals surface area contributed by atoms with Crippen LogP contribution in [-0.4, -0.2) is 68.0 Å². The number of hydrogen-bond donors (Lipinski definition) is 1. The molecule has 0 amide bonds. The van der Waals surface area contributed by atoms with Crippen LogP contribution in [0, 0.1) is 23.2 Å². The molecule has 0 radical (unpaired) electrons. The number of para-hydroxylation sites is 2. The van der Waals surface area contributed by atoms with Crippen LogP contribution in [0.3, 0.4) is 0 Å². The third-order valence-electron chi connectivity index (χ3n) is 8.82. The Labute approximate surface area is 191 Å². The lowest BCUT2D eigenvalue weighted by Crippen LogP contribution is -2.55. The molecule has 1 aromatic rings. The number of aliphatic hydroxyl groups is 1. The summed E-state index contributed by atoms with van der Waals surface area (Å²) in [4.78, 5) is 17.6. The molecule has 0 spiro atoms. The number of carbonyl (C=O) groups excluding carboxylic acids is 1. The molecule has 32 heavy (non-hydrogen) atoms. The molecule has 2 saturated heterocycles. The van der Waals surface area contributed by atoms with Crippen molar-refractivity contribution in [2.24, 2.45) is 23.2 Å². The average molecular weight is 441 g/mol. The van der Waals surface area contributed by atoms with Crippen LogP contribution in [-0.2, 0) is 9.53 Å². The average Bonchev–Trinajstić information content (AvgIpc) is 3.11. The van der Waals surface area contributed by atoms with Crippen LogP contribution >= 0.6 is 0 Å². The standard InChI is InChI=1S/C26H36N2O4/c1-17-7-6-8-18-15-22-23(24(29)26(17,18)2)19(25(30)32-22)16-27-11-13-28(14-12-27)20-9-4-5-10-21(20)31-3/h4-5,8-10,17,19,22-24,29H,6-7,11-16H2,1-3H3/t17-,19+,22+,23-,24+,26+/m0/s1. The summed E-state index contributed by atoms with van der Waals surface area (Å²) < 4.78 is 11.4. The summed E-state index contributed by atoms with van der Waals surface area (Å²) in [6, 6.07) is 8.13. The first-order valence-electron chi connectivity index (χ1n) is 12.1. The summed E-state index contributed by atoms with van der Waals surface area (Å²) in [6.07, 6.45) is 4.52. The van der Waals surface area contributed by atoms with Crippen molar-refractivity contribution in [3.05, 3.63) is 35.9 Å². The Balaban J connectivity index is 1.28. The van der Waals surface area contributed by atoms with Gasteiger partial charge in [0.25, 0.3) is 0 Å². The van der Waals surface area contributed by atoms with Crippen LogP contribution in [0.25, 0.3) is 0 Å². The maximum atomic E-state index is 12.9. The summed E-state index contributed by atoms with van der Waals surface area (Å²) in [7, 11) is 1.71. The van der Waals surface area contributed by atoms with E-state index in [4.69, 9.17) is 9.47 Å². The number of aliphatic hydroxyl groups excluding tert-OH is 1. The summed E-state index contributed by atoms with van der Waals surface area (Å²) in [6.45, 7) is 8.67. The number of carbonyl (C=O) groups is 1. The monoisotopic (exact) mass is 440 g/mol. The minimum absolute atomic E-state index is 0.113. The molecule has 6 heteroatoms. The van der Waals surface area contributed by atoms with Gasteiger partial charge in [-0.2, -0.15) is 0 Å². The number of anilines is 1. The van der Waals surface area contributed by atoms with E-state index >= 15 is 0 Å². The zero-order valence-corrected chi connectivity index (χ0v) is 19.5. The highest BCUT2D eigenvalue weighted by Gasteiger charge is 2.59. The number of piperazine rings is 1. The number of esters is 1. The number of nitrogens with zero attached hydrogens (tertiary/aromatic N) is 2. The molecule has 1 aromatic carbocycles. The van der Waals surface area contributed by atoms with Gasteiger partial charge in [-0.25, -0.2) is 0 Å². The predicted octanol–water partition coefficient (Wildman–Crippen LogP) is 3.10. The molecule has 4 aliphatic rings. The molecule has 1 saturated carbocycles. The van der Waals surface area contributed by atoms with E-state index in [1.165, 1.54) is 5.57 Å². The largest absolute Gasteiger partial charge is 0.495 e. The van der Waals surface area contributed by atoms with Crippen LogP contribution in [0.2, 0.25) is 0 Å². The van der Waals surface area contributed by atoms with E-state index in [-0.39, 0.29) is 29.3 Å². The highest BCUT2D eigenvalue weighted by atomic mass is 16.6. The fraction of sp³-hybridized carbons (Fsp3) is 0.654. The lowest BCUT2D eigenvalue weighted by molar-refractivity contribution is -0.145. The SMILES string of the molecule is COc1ccccc1N1CCN(C[C@H]2C(=O)O[C@@H]3CC4=CCC[C@H](C)[C@@]4(C)[C@H](O)[C@H]32)CC1. The quantitative estimate of drug-likeness (QED) is 0.574. The number of benzene rings is 1. The lowest BCUT2D eigenvalue weighted by Gasteiger charge is -2.52. The minimum atomic E-state index is -0.533. The topological polar surface area (TPSA) is 62.2 Å². The predicted molar refractivity (Wildman–Crippen MR) is 124 cm³/mol. The molecule has 3 fully saturated rings. The van der Waals surface area contributed by atoms with E-state index in [1.54, 1.807) is 7.11 Å². The lowest BCUT2D eigenvalue weighted by atomic mass is 9.55. The molecule has 2 aliphatic heterocycles. The molecule has 174 valence electrons. The normalized spacial score (nSPS) is 37.4. The van der Waals surface area contributed by atoms with Crippen molar-refractivity contribution >= 4 is 11.7 Å². The minimum Gasteiger partial charge on any atom is -0.495 e. The fourth-order valence-electron chi connectivity index (χ4n) is 6.61. The molecule has 0 bridgehead atoms. The van der Waals surface area contributed by atoms with Crippen LogP contribution in [0.4, 0.5) is 5.69 Å². The van der Waals surface area contributed by atoms with Gasteiger partial charge < -0.3 is 19.5 Å². The van der Waals surface area contributed by atoms with Crippen LogP contribution in [0.15, 0.2) is 35.9 Å². The van der Waals surface area contributed by atoms with Gasteiger partial charge in [0.1, 0.15) is 11.9 Å². The van der Waals surface area contributed by atoms with Crippen molar-refractivity contribution in [2.75, 3.05) is 44.7 Å². The first-order chi connectivity index (χ1) is 15.4. The van der Waals surface area contributed by atoms with Crippen LogP contribution in [0.1, 0.15) is 33.1 Å². The Morgan fingerprint density at radius 2 is 1.97 bits per heavy atom. The van der Waals surface area contributed by atoms with E-state index in [1.807, 2.05) is 18.2 Å². The Morgan fingerprint density at radius 1 is 1.22 bits per heavy atom. The van der Waals surface area contributed by atoms with E-state index in [9.17, 15) is 9.90 Å². The van der Waals surface area contributed by atoms with Crippen molar-refractivity contribution in [2.45, 2.75) is 45.3 Å². The second-order valence-electron chi connectivity index (χ2n) is 10.3. The first kappa shape index (κ1) is 21.8. The Kier molecular flexibility index (Phi) is 5.70. The number of fused-ring (bicyclic) bond motifs is 2. The molecule has 0 aromatic heterocycles. The van der Waals surface area contributed by atoms with Gasteiger partial charge in [-0.15, -0.1) is 0 Å². The molecule has 6 nitrogen and oxygen atoms in total. The number of allylic oxidation sites excluding steroid dienone is 1. The fourth-order valence-corrected chi connectivity index (χ4v) is 6.61. The van der Waals surface area contributed by atoms with E-state index in [2.05, 4.69) is 35.8 Å². The van der Waals surface area contributed by atoms with Gasteiger partial charge in [0, 0.05) is 50.5 Å². The van der Waals surface area contributed by atoms with Crippen LogP contribution < -0.4 is 9.64 Å². The van der Waals surface area contributed by atoms with E-state index in [0.29, 0.717) is 12.5 Å². The smallest absolute Gasteiger partial charge is 0.311 e. The van der Waals surface area contributed by atoms with E-state index in [0.717, 1.165) is 56.9 Å². The number of ether oxygens (including phenoxy) is 2. The summed E-state index contributed by atoms with van der Waals surface area (Å²) in [5, 5.41) is 11.6. The second-order valence-corrected chi connectivity index (χ2v) is 10.3. The molecule has 1 N–H and O–H groups in total. The zero-order chi connectivity index (χ0) is 22.5. The van der Waals surface area contributed by atoms with Crippen molar-refractivity contribution in [3.8, 4) is 5.75 Å². The van der Waals surface area contributed by atoms with Gasteiger partial charge in [0.15, 0.2) is 0 Å². The number of hydrogen-bond acceptors (Lipinski definition) is 6. The molecule has 0 unspecified atom stereocenters. The van der Waals surface area contributed by atoms with E-state index < -0.39 is 6.10 Å². The third kappa shape index (κ3) is 3.43. The Bertz CT molecular complexity index is 894. The van der Waals surface area contributed by atoms with Crippen molar-refractivity contribution < 1.29 is 19.4 Å². The van der Waals surface area contributed by atoms with Gasteiger partial charge in [0.05, 0.1) is 24.8 Å². The van der Waals surface area contributed by atoms with Crippen molar-refractivity contribution in [1.82, 2.24) is 4.90 Å². The molecule has 5 rings (SSSR count). The van der Waals surface area contributed by atoms with Gasteiger partial charge in [-0.1, -0.05) is 37.6 Å². The van der Waals surface area contributed by atoms with Gasteiger partial charge >= 0.3 is 5.97 Å². The summed E-state index contributed by atoms with van der Waals surface area (Å²) in [5.41, 5.74) is 2.17. The summed E-state index contributed by atoms with van der Waals surface area (Å²) in [5.74, 6) is 0.825. The Hall–Kier alpha value is -2.05. The summed E-state index contributed by atoms with van der Waals surface area (Å²) >= 11 is 0. The molecule has 2 heterocycles. The van der Waals surface area contributed by atoms with Crippen molar-refractivity contribution in [1.29, 1.82) is 0 Å². The van der Waals surface area contributed by atoms with Gasteiger partial charge in [-0.3, -0.25) is 9.69 Å². The number of rotatable bonds is 4. The van der Waals surface area contributed by atoms with Crippen molar-refractivity contribution in [3.63, 3.8) is 0 Å². The molecular weight excluding hydrogens is 404 g/mol. The molecule has 2 aliphatic carbocycles.